The van der Waals surface area contributed by atoms with Gasteiger partial charge < -0.3 is 10.6 Å². The van der Waals surface area contributed by atoms with Crippen LogP contribution in [0.4, 0.5) is 0 Å². The van der Waals surface area contributed by atoms with Gasteiger partial charge in [-0.2, -0.15) is 0 Å². The van der Waals surface area contributed by atoms with Crippen molar-refractivity contribution in [3.63, 3.8) is 0 Å². The first-order chi connectivity index (χ1) is 11.5. The zero-order valence-corrected chi connectivity index (χ0v) is 18.7. The average molecular weight is 501 g/mol. The number of aromatic nitrogens is 1. The Bertz CT molecular complexity index is 644. The van der Waals surface area contributed by atoms with Crippen molar-refractivity contribution in [1.29, 1.82) is 0 Å². The third kappa shape index (κ3) is 8.65. The van der Waals surface area contributed by atoms with Gasteiger partial charge in [0.05, 0.1) is 12.3 Å². The molecule has 2 rings (SSSR count). The minimum Gasteiger partial charge on any atom is -0.357 e. The van der Waals surface area contributed by atoms with Crippen molar-refractivity contribution in [2.24, 2.45) is 10.9 Å². The molecule has 1 aliphatic rings. The maximum atomic E-state index is 12.0. The molecule has 1 aliphatic carbocycles. The normalized spacial score (nSPS) is 15.4. The van der Waals surface area contributed by atoms with E-state index in [0.29, 0.717) is 31.5 Å². The Kier molecular flexibility index (Phi) is 10.2. The van der Waals surface area contributed by atoms with Crippen molar-refractivity contribution in [2.45, 2.75) is 39.7 Å². The first-order valence-electron chi connectivity index (χ1n) is 8.39. The molecule has 0 amide bonds. The molecular weight excluding hydrogens is 473 g/mol. The maximum Gasteiger partial charge on any atom is 0.213 e. The van der Waals surface area contributed by atoms with Gasteiger partial charge in [0.1, 0.15) is 5.01 Å². The molecule has 0 unspecified atom stereocenters. The summed E-state index contributed by atoms with van der Waals surface area (Å²) in [5, 5.41) is 7.12. The third-order valence-corrected chi connectivity index (χ3v) is 6.11. The Morgan fingerprint density at radius 1 is 1.40 bits per heavy atom. The van der Waals surface area contributed by atoms with E-state index in [1.165, 1.54) is 6.42 Å². The lowest BCUT2D eigenvalue weighted by Gasteiger charge is -2.25. The largest absolute Gasteiger partial charge is 0.357 e. The molecule has 0 aliphatic heterocycles. The molecule has 1 fully saturated rings. The fourth-order valence-corrected chi connectivity index (χ4v) is 4.00. The van der Waals surface area contributed by atoms with E-state index in [1.54, 1.807) is 11.3 Å². The Morgan fingerprint density at radius 2 is 2.16 bits per heavy atom. The van der Waals surface area contributed by atoms with E-state index in [-0.39, 0.29) is 29.7 Å². The number of aliphatic imine (C=N–C) groups is 1. The van der Waals surface area contributed by atoms with Gasteiger partial charge in [-0.3, -0.25) is 0 Å². The molecule has 1 aromatic heterocycles. The van der Waals surface area contributed by atoms with Crippen LogP contribution >= 0.6 is 35.3 Å². The van der Waals surface area contributed by atoms with Gasteiger partial charge in [-0.15, -0.1) is 35.3 Å². The monoisotopic (exact) mass is 501 g/mol. The molecule has 144 valence electrons. The van der Waals surface area contributed by atoms with Gasteiger partial charge in [-0.1, -0.05) is 6.42 Å². The highest BCUT2D eigenvalue weighted by atomic mass is 127. The van der Waals surface area contributed by atoms with Crippen molar-refractivity contribution in [3.05, 3.63) is 16.1 Å². The van der Waals surface area contributed by atoms with Gasteiger partial charge in [0.2, 0.25) is 10.0 Å². The Labute approximate surface area is 171 Å². The summed E-state index contributed by atoms with van der Waals surface area (Å²) in [6.07, 6.45) is 5.31. The van der Waals surface area contributed by atoms with Gasteiger partial charge in [0.25, 0.3) is 0 Å². The molecule has 0 radical (unpaired) electrons. The summed E-state index contributed by atoms with van der Waals surface area (Å²) in [7, 11) is -3.23. The summed E-state index contributed by atoms with van der Waals surface area (Å²) >= 11 is 1.61. The van der Waals surface area contributed by atoms with Crippen molar-refractivity contribution < 1.29 is 8.42 Å². The number of hydrogen-bond acceptors (Lipinski definition) is 5. The number of rotatable bonds is 9. The Morgan fingerprint density at radius 3 is 2.72 bits per heavy atom. The lowest BCUT2D eigenvalue weighted by molar-refractivity contribution is 0.316. The molecule has 10 heteroatoms. The molecule has 1 aromatic rings. The SMILES string of the molecule is CCNC(=NCc1ncc(C)s1)NCCS(=O)(=O)NCC1CCC1.I. The molecule has 0 bridgehead atoms. The first kappa shape index (κ1) is 22.6. The van der Waals surface area contributed by atoms with Crippen LogP contribution in [-0.4, -0.2) is 44.7 Å². The Balaban J connectivity index is 0.00000312. The molecule has 25 heavy (non-hydrogen) atoms. The first-order valence-corrected chi connectivity index (χ1v) is 10.9. The van der Waals surface area contributed by atoms with Gasteiger partial charge in [-0.25, -0.2) is 23.1 Å². The standard InChI is InChI=1S/C15H27N5O2S2.HI/c1-3-16-15(19-11-14-18-9-12(2)23-14)17-7-8-24(21,22)20-10-13-5-4-6-13;/h9,13,20H,3-8,10-11H2,1-2H3,(H2,16,17,19);1H. The summed E-state index contributed by atoms with van der Waals surface area (Å²) in [4.78, 5) is 9.87. The lowest BCUT2D eigenvalue weighted by atomic mass is 9.86. The van der Waals surface area contributed by atoms with E-state index in [0.717, 1.165) is 29.3 Å². The third-order valence-electron chi connectivity index (χ3n) is 3.87. The zero-order valence-electron chi connectivity index (χ0n) is 14.7. The molecule has 1 saturated carbocycles. The second kappa shape index (κ2) is 11.3. The van der Waals surface area contributed by atoms with Crippen LogP contribution < -0.4 is 15.4 Å². The van der Waals surface area contributed by atoms with Crippen molar-refractivity contribution in [2.75, 3.05) is 25.4 Å². The zero-order chi connectivity index (χ0) is 17.4. The smallest absolute Gasteiger partial charge is 0.213 e. The fraction of sp³-hybridized carbons (Fsp3) is 0.733. The Hall–Kier alpha value is -0.460. The molecule has 1 heterocycles. The van der Waals surface area contributed by atoms with Gasteiger partial charge >= 0.3 is 0 Å². The average Bonchev–Trinajstić information content (AvgIpc) is 2.88. The number of nitrogens with zero attached hydrogens (tertiary/aromatic N) is 2. The number of halogens is 1. The molecule has 7 nitrogen and oxygen atoms in total. The molecule has 0 spiro atoms. The van der Waals surface area contributed by atoms with Crippen molar-refractivity contribution in [3.8, 4) is 0 Å². The van der Waals surface area contributed by atoms with Crippen LogP contribution in [0.1, 0.15) is 36.1 Å². The number of hydrogen-bond donors (Lipinski definition) is 3. The molecule has 0 aromatic carbocycles. The highest BCUT2D eigenvalue weighted by molar-refractivity contribution is 14.0. The van der Waals surface area contributed by atoms with Crippen LogP contribution in [0.3, 0.4) is 0 Å². The molecule has 3 N–H and O–H groups in total. The summed E-state index contributed by atoms with van der Waals surface area (Å²) in [6.45, 7) is 6.08. The van der Waals surface area contributed by atoms with E-state index in [4.69, 9.17) is 0 Å². The summed E-state index contributed by atoms with van der Waals surface area (Å²) in [5.74, 6) is 1.17. The molecule has 0 atom stereocenters. The quantitative estimate of drug-likeness (QED) is 0.273. The second-order valence-corrected chi connectivity index (χ2v) is 9.20. The topological polar surface area (TPSA) is 95.5 Å². The summed E-state index contributed by atoms with van der Waals surface area (Å²) in [6, 6.07) is 0. The van der Waals surface area contributed by atoms with E-state index in [2.05, 4.69) is 25.3 Å². The van der Waals surface area contributed by atoms with Crippen LogP contribution in [-0.2, 0) is 16.6 Å². The van der Waals surface area contributed by atoms with Crippen LogP contribution in [0, 0.1) is 12.8 Å². The predicted octanol–water partition coefficient (Wildman–Crippen LogP) is 1.84. The number of sulfonamides is 1. The summed E-state index contributed by atoms with van der Waals surface area (Å²) in [5.41, 5.74) is 0. The number of aryl methyl sites for hydroxylation is 1. The number of thiazole rings is 1. The predicted molar refractivity (Wildman–Crippen MR) is 114 cm³/mol. The maximum absolute atomic E-state index is 12.0. The van der Waals surface area contributed by atoms with Crippen LogP contribution in [0.25, 0.3) is 0 Å². The molecule has 0 saturated heterocycles. The van der Waals surface area contributed by atoms with E-state index in [1.807, 2.05) is 20.0 Å². The van der Waals surface area contributed by atoms with Gasteiger partial charge in [0, 0.05) is 30.7 Å². The van der Waals surface area contributed by atoms with Gasteiger partial charge in [0.15, 0.2) is 5.96 Å². The van der Waals surface area contributed by atoms with Gasteiger partial charge in [-0.05, 0) is 32.6 Å². The summed E-state index contributed by atoms with van der Waals surface area (Å²) < 4.78 is 26.6. The fourth-order valence-electron chi connectivity index (χ4n) is 2.28. The van der Waals surface area contributed by atoms with Crippen molar-refractivity contribution in [1.82, 2.24) is 20.3 Å². The number of guanidine groups is 1. The highest BCUT2D eigenvalue weighted by Gasteiger charge is 2.20. The molecular formula is C15H28IN5O2S2. The minimum absolute atomic E-state index is 0. The minimum atomic E-state index is -3.23. The number of nitrogens with one attached hydrogen (secondary N) is 3. The van der Waals surface area contributed by atoms with Crippen LogP contribution in [0.15, 0.2) is 11.2 Å². The van der Waals surface area contributed by atoms with Crippen LogP contribution in [0.2, 0.25) is 0 Å². The van der Waals surface area contributed by atoms with E-state index >= 15 is 0 Å². The lowest BCUT2D eigenvalue weighted by Crippen LogP contribution is -2.42. The second-order valence-electron chi connectivity index (χ2n) is 5.95. The van der Waals surface area contributed by atoms with E-state index in [9.17, 15) is 8.42 Å². The highest BCUT2D eigenvalue weighted by Crippen LogP contribution is 2.25. The van der Waals surface area contributed by atoms with E-state index < -0.39 is 10.0 Å². The van der Waals surface area contributed by atoms with Crippen LogP contribution in [0.5, 0.6) is 0 Å². The van der Waals surface area contributed by atoms with Crippen molar-refractivity contribution >= 4 is 51.3 Å².